The first kappa shape index (κ1) is 17.3. The van der Waals surface area contributed by atoms with Crippen LogP contribution in [0, 0.1) is 0 Å². The molecule has 0 unspecified atom stereocenters. The molecule has 2 N–H and O–H groups in total. The van der Waals surface area contributed by atoms with Gasteiger partial charge in [0, 0.05) is 24.8 Å². The standard InChI is InChI=1S/C15H23NO5/c1-4-21-12(10-17)5-6-16-15(18)11-7-13(19-2)9-14(8-11)20-3/h7-9,12,17H,4-6,10H2,1-3H3,(H,16,18)/t12-/m0/s1. The van der Waals surface area contributed by atoms with Crippen LogP contribution >= 0.6 is 0 Å². The van der Waals surface area contributed by atoms with Gasteiger partial charge in [-0.25, -0.2) is 0 Å². The van der Waals surface area contributed by atoms with Crippen LogP contribution < -0.4 is 14.8 Å². The molecule has 0 saturated carbocycles. The number of aliphatic hydroxyl groups excluding tert-OH is 1. The van der Waals surface area contributed by atoms with Gasteiger partial charge in [-0.15, -0.1) is 0 Å². The topological polar surface area (TPSA) is 77.0 Å². The fourth-order valence-corrected chi connectivity index (χ4v) is 1.85. The molecule has 0 aliphatic rings. The van der Waals surface area contributed by atoms with Gasteiger partial charge >= 0.3 is 0 Å². The van der Waals surface area contributed by atoms with Crippen LogP contribution in [-0.4, -0.2) is 51.1 Å². The first-order valence-electron chi connectivity index (χ1n) is 6.88. The number of benzene rings is 1. The molecule has 1 amide bonds. The highest BCUT2D eigenvalue weighted by Crippen LogP contribution is 2.22. The van der Waals surface area contributed by atoms with E-state index in [-0.39, 0.29) is 18.6 Å². The van der Waals surface area contributed by atoms with Crippen molar-refractivity contribution in [2.45, 2.75) is 19.4 Å². The SMILES string of the molecule is CCO[C@H](CO)CCNC(=O)c1cc(OC)cc(OC)c1. The van der Waals surface area contributed by atoms with Gasteiger partial charge in [0.1, 0.15) is 11.5 Å². The Morgan fingerprint density at radius 3 is 2.33 bits per heavy atom. The van der Waals surface area contributed by atoms with Gasteiger partial charge in [-0.1, -0.05) is 0 Å². The second kappa shape index (κ2) is 9.20. The quantitative estimate of drug-likeness (QED) is 0.716. The Morgan fingerprint density at radius 1 is 1.24 bits per heavy atom. The van der Waals surface area contributed by atoms with E-state index in [1.807, 2.05) is 6.92 Å². The van der Waals surface area contributed by atoms with Crippen molar-refractivity contribution in [1.82, 2.24) is 5.32 Å². The van der Waals surface area contributed by atoms with E-state index in [1.165, 1.54) is 14.2 Å². The zero-order chi connectivity index (χ0) is 15.7. The molecule has 0 aliphatic heterocycles. The number of carbonyl (C=O) groups excluding carboxylic acids is 1. The Labute approximate surface area is 125 Å². The number of ether oxygens (including phenoxy) is 3. The van der Waals surface area contributed by atoms with Crippen molar-refractivity contribution in [2.75, 3.05) is 34.0 Å². The van der Waals surface area contributed by atoms with Crippen LogP contribution in [0.25, 0.3) is 0 Å². The molecule has 0 heterocycles. The number of rotatable bonds is 9. The number of carbonyl (C=O) groups is 1. The van der Waals surface area contributed by atoms with Crippen LogP contribution in [0.4, 0.5) is 0 Å². The van der Waals surface area contributed by atoms with E-state index < -0.39 is 0 Å². The molecule has 6 heteroatoms. The van der Waals surface area contributed by atoms with E-state index >= 15 is 0 Å². The Morgan fingerprint density at radius 2 is 1.86 bits per heavy atom. The summed E-state index contributed by atoms with van der Waals surface area (Å²) in [6.07, 6.45) is 0.298. The summed E-state index contributed by atoms with van der Waals surface area (Å²) in [6, 6.07) is 4.99. The summed E-state index contributed by atoms with van der Waals surface area (Å²) in [5.74, 6) is 0.893. The monoisotopic (exact) mass is 297 g/mol. The number of methoxy groups -OCH3 is 2. The molecule has 118 valence electrons. The normalized spacial score (nSPS) is 11.8. The molecule has 0 spiro atoms. The maximum Gasteiger partial charge on any atom is 0.251 e. The Kier molecular flexibility index (Phi) is 7.56. The van der Waals surface area contributed by atoms with Gasteiger partial charge < -0.3 is 24.6 Å². The minimum atomic E-state index is -0.254. The highest BCUT2D eigenvalue weighted by Gasteiger charge is 2.11. The van der Waals surface area contributed by atoms with Gasteiger partial charge in [0.05, 0.1) is 26.9 Å². The van der Waals surface area contributed by atoms with Gasteiger partial charge in [0.25, 0.3) is 5.91 Å². The number of hydrogen-bond acceptors (Lipinski definition) is 5. The predicted octanol–water partition coefficient (Wildman–Crippen LogP) is 1.22. The van der Waals surface area contributed by atoms with Crippen molar-refractivity contribution < 1.29 is 24.1 Å². The van der Waals surface area contributed by atoms with Crippen molar-refractivity contribution >= 4 is 5.91 Å². The summed E-state index contributed by atoms with van der Waals surface area (Å²) in [5.41, 5.74) is 0.461. The van der Waals surface area contributed by atoms with Crippen LogP contribution in [0.2, 0.25) is 0 Å². The zero-order valence-electron chi connectivity index (χ0n) is 12.7. The largest absolute Gasteiger partial charge is 0.497 e. The van der Waals surface area contributed by atoms with Crippen LogP contribution in [-0.2, 0) is 4.74 Å². The number of nitrogens with one attached hydrogen (secondary N) is 1. The molecular formula is C15H23NO5. The Balaban J connectivity index is 2.59. The number of amides is 1. The van der Waals surface area contributed by atoms with E-state index in [0.717, 1.165) is 0 Å². The zero-order valence-corrected chi connectivity index (χ0v) is 12.7. The molecule has 1 rings (SSSR count). The van der Waals surface area contributed by atoms with E-state index in [1.54, 1.807) is 18.2 Å². The maximum absolute atomic E-state index is 12.1. The van der Waals surface area contributed by atoms with E-state index in [9.17, 15) is 4.79 Å². The molecule has 0 bridgehead atoms. The maximum atomic E-state index is 12.1. The molecule has 1 aromatic rings. The molecule has 1 atom stereocenters. The summed E-state index contributed by atoms with van der Waals surface area (Å²) < 4.78 is 15.6. The third kappa shape index (κ3) is 5.61. The Bertz CT molecular complexity index is 427. The van der Waals surface area contributed by atoms with Crippen LogP contribution in [0.1, 0.15) is 23.7 Å². The first-order chi connectivity index (χ1) is 10.1. The van der Waals surface area contributed by atoms with E-state index in [2.05, 4.69) is 5.32 Å². The third-order valence-corrected chi connectivity index (χ3v) is 2.97. The average molecular weight is 297 g/mol. The minimum Gasteiger partial charge on any atom is -0.497 e. The number of hydrogen-bond donors (Lipinski definition) is 2. The summed E-state index contributed by atoms with van der Waals surface area (Å²) in [7, 11) is 3.06. The Hall–Kier alpha value is -1.79. The summed E-state index contributed by atoms with van der Waals surface area (Å²) in [4.78, 5) is 12.1. The molecule has 6 nitrogen and oxygen atoms in total. The lowest BCUT2D eigenvalue weighted by atomic mass is 10.2. The van der Waals surface area contributed by atoms with Gasteiger partial charge in [-0.3, -0.25) is 4.79 Å². The lowest BCUT2D eigenvalue weighted by molar-refractivity contribution is 0.0154. The van der Waals surface area contributed by atoms with Crippen LogP contribution in [0.15, 0.2) is 18.2 Å². The summed E-state index contributed by atoms with van der Waals surface area (Å²) in [6.45, 7) is 2.76. The van der Waals surface area contributed by atoms with Gasteiger partial charge in [0.2, 0.25) is 0 Å². The minimum absolute atomic E-state index is 0.0588. The van der Waals surface area contributed by atoms with E-state index in [4.69, 9.17) is 19.3 Å². The number of aliphatic hydroxyl groups is 1. The highest BCUT2D eigenvalue weighted by molar-refractivity contribution is 5.95. The average Bonchev–Trinajstić information content (AvgIpc) is 2.53. The smallest absolute Gasteiger partial charge is 0.251 e. The fourth-order valence-electron chi connectivity index (χ4n) is 1.85. The lowest BCUT2D eigenvalue weighted by Gasteiger charge is -2.14. The molecule has 1 aromatic carbocycles. The van der Waals surface area contributed by atoms with Crippen molar-refractivity contribution in [1.29, 1.82) is 0 Å². The second-order valence-corrected chi connectivity index (χ2v) is 4.41. The van der Waals surface area contributed by atoms with Gasteiger partial charge in [-0.2, -0.15) is 0 Å². The lowest BCUT2D eigenvalue weighted by Crippen LogP contribution is -2.29. The van der Waals surface area contributed by atoms with Crippen molar-refractivity contribution in [3.05, 3.63) is 23.8 Å². The first-order valence-corrected chi connectivity index (χ1v) is 6.88. The van der Waals surface area contributed by atoms with Crippen LogP contribution in [0.3, 0.4) is 0 Å². The third-order valence-electron chi connectivity index (χ3n) is 2.97. The van der Waals surface area contributed by atoms with Gasteiger partial charge in [-0.05, 0) is 25.5 Å². The molecule has 0 radical (unpaired) electrons. The summed E-state index contributed by atoms with van der Waals surface area (Å²) in [5, 5.41) is 11.9. The molecule has 0 aromatic heterocycles. The predicted molar refractivity (Wildman–Crippen MR) is 79.0 cm³/mol. The van der Waals surface area contributed by atoms with Crippen molar-refractivity contribution in [3.8, 4) is 11.5 Å². The molecule has 0 fully saturated rings. The van der Waals surface area contributed by atoms with Crippen molar-refractivity contribution in [3.63, 3.8) is 0 Å². The molecule has 0 aliphatic carbocycles. The van der Waals surface area contributed by atoms with Crippen molar-refractivity contribution in [2.24, 2.45) is 0 Å². The van der Waals surface area contributed by atoms with Gasteiger partial charge in [0.15, 0.2) is 0 Å². The molecule has 0 saturated heterocycles. The molecule has 21 heavy (non-hydrogen) atoms. The highest BCUT2D eigenvalue weighted by atomic mass is 16.5. The summed E-state index contributed by atoms with van der Waals surface area (Å²) >= 11 is 0. The van der Waals surface area contributed by atoms with Crippen LogP contribution in [0.5, 0.6) is 11.5 Å². The van der Waals surface area contributed by atoms with E-state index in [0.29, 0.717) is 36.6 Å². The fraction of sp³-hybridized carbons (Fsp3) is 0.533. The molecular weight excluding hydrogens is 274 g/mol. The second-order valence-electron chi connectivity index (χ2n) is 4.41.